The van der Waals surface area contributed by atoms with Crippen molar-refractivity contribution in [3.05, 3.63) is 0 Å². The van der Waals surface area contributed by atoms with Crippen molar-refractivity contribution in [3.63, 3.8) is 0 Å². The van der Waals surface area contributed by atoms with Crippen molar-refractivity contribution in [1.82, 2.24) is 4.90 Å². The van der Waals surface area contributed by atoms with Crippen LogP contribution < -0.4 is 5.73 Å². The van der Waals surface area contributed by atoms with Crippen molar-refractivity contribution in [2.24, 2.45) is 23.0 Å². The van der Waals surface area contributed by atoms with Gasteiger partial charge in [0.05, 0.1) is 5.92 Å². The van der Waals surface area contributed by atoms with Crippen molar-refractivity contribution >= 4 is 0 Å². The third-order valence-electron chi connectivity index (χ3n) is 5.04. The fourth-order valence-corrected chi connectivity index (χ4v) is 3.78. The molecular formula is C15H27F3N2. The number of rotatable bonds is 2. The second-order valence-corrected chi connectivity index (χ2v) is 7.47. The van der Waals surface area contributed by atoms with Gasteiger partial charge in [0.1, 0.15) is 0 Å². The maximum absolute atomic E-state index is 12.8. The third kappa shape index (κ3) is 4.10. The van der Waals surface area contributed by atoms with E-state index in [2.05, 4.69) is 13.8 Å². The molecule has 2 rings (SSSR count). The van der Waals surface area contributed by atoms with E-state index in [-0.39, 0.29) is 24.4 Å². The summed E-state index contributed by atoms with van der Waals surface area (Å²) in [6, 6.07) is 0.147. The van der Waals surface area contributed by atoms with Gasteiger partial charge in [0.2, 0.25) is 0 Å². The first-order valence-electron chi connectivity index (χ1n) is 7.72. The number of hydrogen-bond acceptors (Lipinski definition) is 2. The Kier molecular flexibility index (Phi) is 4.69. The lowest BCUT2D eigenvalue weighted by Gasteiger charge is -2.43. The summed E-state index contributed by atoms with van der Waals surface area (Å²) in [4.78, 5) is 1.99. The van der Waals surface area contributed by atoms with E-state index in [0.29, 0.717) is 12.3 Å². The Morgan fingerprint density at radius 2 is 1.95 bits per heavy atom. The van der Waals surface area contributed by atoms with Gasteiger partial charge in [-0.15, -0.1) is 0 Å². The number of halogens is 3. The van der Waals surface area contributed by atoms with Crippen molar-refractivity contribution in [3.8, 4) is 0 Å². The Labute approximate surface area is 119 Å². The monoisotopic (exact) mass is 292 g/mol. The minimum atomic E-state index is -4.05. The summed E-state index contributed by atoms with van der Waals surface area (Å²) in [5.41, 5.74) is 6.47. The molecule has 118 valence electrons. The van der Waals surface area contributed by atoms with E-state index < -0.39 is 12.1 Å². The summed E-state index contributed by atoms with van der Waals surface area (Å²) < 4.78 is 38.5. The van der Waals surface area contributed by atoms with Crippen molar-refractivity contribution in [1.29, 1.82) is 0 Å². The molecule has 5 heteroatoms. The van der Waals surface area contributed by atoms with E-state index in [1.165, 1.54) is 0 Å². The predicted molar refractivity (Wildman–Crippen MR) is 74.3 cm³/mol. The van der Waals surface area contributed by atoms with Crippen molar-refractivity contribution in [2.75, 3.05) is 19.6 Å². The van der Waals surface area contributed by atoms with Gasteiger partial charge in [-0.25, -0.2) is 0 Å². The zero-order valence-corrected chi connectivity index (χ0v) is 12.5. The normalized spacial score (nSPS) is 36.0. The van der Waals surface area contributed by atoms with Gasteiger partial charge >= 0.3 is 6.18 Å². The van der Waals surface area contributed by atoms with E-state index in [1.54, 1.807) is 0 Å². The minimum Gasteiger partial charge on any atom is -0.327 e. The van der Waals surface area contributed by atoms with Crippen LogP contribution in [0.3, 0.4) is 0 Å². The largest absolute Gasteiger partial charge is 0.393 e. The maximum atomic E-state index is 12.8. The number of likely N-dealkylation sites (tertiary alicyclic amines) is 1. The van der Waals surface area contributed by atoms with Crippen molar-refractivity contribution in [2.45, 2.75) is 58.2 Å². The second-order valence-electron chi connectivity index (χ2n) is 7.47. The maximum Gasteiger partial charge on any atom is 0.393 e. The molecule has 0 bridgehead atoms. The van der Waals surface area contributed by atoms with Gasteiger partial charge < -0.3 is 10.6 Å². The number of piperidine rings is 1. The Balaban J connectivity index is 1.92. The zero-order valence-electron chi connectivity index (χ0n) is 12.5. The van der Waals surface area contributed by atoms with Crippen LogP contribution in [0.4, 0.5) is 13.2 Å². The van der Waals surface area contributed by atoms with Gasteiger partial charge in [0, 0.05) is 19.1 Å². The van der Waals surface area contributed by atoms with Crippen LogP contribution in [0.25, 0.3) is 0 Å². The summed E-state index contributed by atoms with van der Waals surface area (Å²) >= 11 is 0. The summed E-state index contributed by atoms with van der Waals surface area (Å²) in [7, 11) is 0. The van der Waals surface area contributed by atoms with Crippen LogP contribution >= 0.6 is 0 Å². The molecule has 1 aliphatic carbocycles. The molecule has 3 unspecified atom stereocenters. The SMILES string of the molecule is CC1(C)CCC(N)C(CN2CCCC(C(F)(F)F)C2)C1. The summed E-state index contributed by atoms with van der Waals surface area (Å²) in [6.45, 7) is 6.15. The molecule has 20 heavy (non-hydrogen) atoms. The van der Waals surface area contributed by atoms with Gasteiger partial charge in [-0.3, -0.25) is 0 Å². The molecular weight excluding hydrogens is 265 g/mol. The number of alkyl halides is 3. The Bertz CT molecular complexity index is 328. The fraction of sp³-hybridized carbons (Fsp3) is 1.00. The Hall–Kier alpha value is -0.290. The highest BCUT2D eigenvalue weighted by atomic mass is 19.4. The van der Waals surface area contributed by atoms with Gasteiger partial charge in [-0.1, -0.05) is 13.8 Å². The molecule has 2 nitrogen and oxygen atoms in total. The van der Waals surface area contributed by atoms with Crippen LogP contribution in [0.2, 0.25) is 0 Å². The molecule has 1 heterocycles. The predicted octanol–water partition coefficient (Wildman–Crippen LogP) is 3.41. The molecule has 0 spiro atoms. The minimum absolute atomic E-state index is 0.147. The molecule has 2 fully saturated rings. The lowest BCUT2D eigenvalue weighted by molar-refractivity contribution is -0.187. The number of nitrogens with two attached hydrogens (primary N) is 1. The lowest BCUT2D eigenvalue weighted by atomic mass is 9.70. The molecule has 0 amide bonds. The average Bonchev–Trinajstić information content (AvgIpc) is 2.33. The van der Waals surface area contributed by atoms with Crippen LogP contribution in [0.15, 0.2) is 0 Å². The van der Waals surface area contributed by atoms with E-state index >= 15 is 0 Å². The van der Waals surface area contributed by atoms with E-state index in [0.717, 1.165) is 32.4 Å². The molecule has 0 aromatic carbocycles. The molecule has 1 saturated heterocycles. The highest BCUT2D eigenvalue weighted by Crippen LogP contribution is 2.39. The van der Waals surface area contributed by atoms with Crippen LogP contribution in [0.1, 0.15) is 46.0 Å². The van der Waals surface area contributed by atoms with Crippen LogP contribution in [-0.2, 0) is 0 Å². The summed E-state index contributed by atoms with van der Waals surface area (Å²) in [5, 5.41) is 0. The molecule has 1 saturated carbocycles. The van der Waals surface area contributed by atoms with Gasteiger partial charge in [0.25, 0.3) is 0 Å². The molecule has 0 aromatic rings. The molecule has 2 aliphatic rings. The van der Waals surface area contributed by atoms with Crippen LogP contribution in [-0.4, -0.2) is 36.8 Å². The first-order chi connectivity index (χ1) is 9.17. The van der Waals surface area contributed by atoms with E-state index in [1.807, 2.05) is 4.90 Å². The first kappa shape index (κ1) is 16.1. The second kappa shape index (κ2) is 5.84. The van der Waals surface area contributed by atoms with Gasteiger partial charge in [-0.2, -0.15) is 13.2 Å². The molecule has 1 aliphatic heterocycles. The Morgan fingerprint density at radius 1 is 1.25 bits per heavy atom. The topological polar surface area (TPSA) is 29.3 Å². The molecule has 2 N–H and O–H groups in total. The van der Waals surface area contributed by atoms with Gasteiger partial charge in [0.15, 0.2) is 0 Å². The molecule has 0 radical (unpaired) electrons. The highest BCUT2D eigenvalue weighted by molar-refractivity contribution is 4.90. The lowest BCUT2D eigenvalue weighted by Crippen LogP contribution is -2.49. The first-order valence-corrected chi connectivity index (χ1v) is 7.72. The standard InChI is InChI=1S/C15H27F3N2/c1-14(2)6-5-13(19)11(8-14)9-20-7-3-4-12(10-20)15(16,17)18/h11-13H,3-10,19H2,1-2H3. The fourth-order valence-electron chi connectivity index (χ4n) is 3.78. The third-order valence-corrected chi connectivity index (χ3v) is 5.04. The molecule has 0 aromatic heterocycles. The van der Waals surface area contributed by atoms with Crippen molar-refractivity contribution < 1.29 is 13.2 Å². The smallest absolute Gasteiger partial charge is 0.327 e. The highest BCUT2D eigenvalue weighted by Gasteiger charge is 2.42. The number of nitrogens with zero attached hydrogens (tertiary/aromatic N) is 1. The molecule has 3 atom stereocenters. The Morgan fingerprint density at radius 3 is 2.60 bits per heavy atom. The number of hydrogen-bond donors (Lipinski definition) is 1. The summed E-state index contributed by atoms with van der Waals surface area (Å²) in [6.07, 6.45) is 0.0236. The van der Waals surface area contributed by atoms with E-state index in [9.17, 15) is 13.2 Å². The zero-order chi connectivity index (χ0) is 15.0. The van der Waals surface area contributed by atoms with Gasteiger partial charge in [-0.05, 0) is 50.0 Å². The van der Waals surface area contributed by atoms with Crippen LogP contribution in [0.5, 0.6) is 0 Å². The van der Waals surface area contributed by atoms with E-state index in [4.69, 9.17) is 5.73 Å². The van der Waals surface area contributed by atoms with Crippen LogP contribution in [0, 0.1) is 17.3 Å². The average molecular weight is 292 g/mol. The summed E-state index contributed by atoms with van der Waals surface area (Å²) in [5.74, 6) is -0.810. The quantitative estimate of drug-likeness (QED) is 0.845.